The molecule has 6 heteroatoms. The number of carbonyl (C=O) groups is 2. The Morgan fingerprint density at radius 3 is 2.37 bits per heavy atom. The maximum atomic E-state index is 11.1. The normalized spacial score (nSPS) is 10.0. The number of amides is 1. The molecule has 0 fully saturated rings. The molecule has 0 aliphatic heterocycles. The van der Waals surface area contributed by atoms with Crippen molar-refractivity contribution in [2.24, 2.45) is 0 Å². The SMILES string of the molecule is CCCNCCCCCNC(=O)OCOC(=O)CC. The molecular formula is C13H26N2O4. The fourth-order valence-electron chi connectivity index (χ4n) is 1.35. The van der Waals surface area contributed by atoms with Crippen LogP contribution in [0.5, 0.6) is 0 Å². The summed E-state index contributed by atoms with van der Waals surface area (Å²) in [6.07, 6.45) is 3.95. The first-order valence-electron chi connectivity index (χ1n) is 6.97. The number of nitrogens with one attached hydrogen (secondary N) is 2. The van der Waals surface area contributed by atoms with Gasteiger partial charge in [0, 0.05) is 13.0 Å². The second-order valence-electron chi connectivity index (χ2n) is 4.16. The predicted octanol–water partition coefficient (Wildman–Crippen LogP) is 1.79. The standard InChI is InChI=1S/C13H26N2O4/c1-3-8-14-9-6-5-7-10-15-13(17)19-11-18-12(16)4-2/h14H,3-11H2,1-2H3,(H,15,17). The molecule has 0 aromatic rings. The average molecular weight is 274 g/mol. The molecule has 0 aromatic carbocycles. The van der Waals surface area contributed by atoms with E-state index in [0.29, 0.717) is 6.54 Å². The van der Waals surface area contributed by atoms with Gasteiger partial charge in [-0.2, -0.15) is 0 Å². The molecule has 0 saturated carbocycles. The van der Waals surface area contributed by atoms with E-state index in [9.17, 15) is 9.59 Å². The third kappa shape index (κ3) is 12.9. The molecule has 0 aliphatic rings. The molecule has 0 bridgehead atoms. The molecule has 0 rings (SSSR count). The van der Waals surface area contributed by atoms with Crippen molar-refractivity contribution in [1.29, 1.82) is 0 Å². The highest BCUT2D eigenvalue weighted by Crippen LogP contribution is 1.93. The molecule has 1 amide bonds. The van der Waals surface area contributed by atoms with Crippen molar-refractivity contribution in [1.82, 2.24) is 10.6 Å². The lowest BCUT2D eigenvalue weighted by atomic mass is 10.2. The summed E-state index contributed by atoms with van der Waals surface area (Å²) in [6, 6.07) is 0. The molecule has 0 unspecified atom stereocenters. The highest BCUT2D eigenvalue weighted by molar-refractivity contribution is 5.69. The van der Waals surface area contributed by atoms with Gasteiger partial charge in [0.05, 0.1) is 0 Å². The van der Waals surface area contributed by atoms with Crippen LogP contribution in [0, 0.1) is 0 Å². The van der Waals surface area contributed by atoms with Crippen LogP contribution < -0.4 is 10.6 Å². The Hall–Kier alpha value is -1.30. The van der Waals surface area contributed by atoms with E-state index in [-0.39, 0.29) is 19.2 Å². The van der Waals surface area contributed by atoms with E-state index in [2.05, 4.69) is 27.0 Å². The summed E-state index contributed by atoms with van der Waals surface area (Å²) in [5, 5.41) is 5.92. The van der Waals surface area contributed by atoms with E-state index < -0.39 is 6.09 Å². The average Bonchev–Trinajstić information content (AvgIpc) is 2.41. The van der Waals surface area contributed by atoms with Crippen molar-refractivity contribution in [3.63, 3.8) is 0 Å². The Kier molecular flexibility index (Phi) is 12.2. The van der Waals surface area contributed by atoms with Crippen molar-refractivity contribution in [3.05, 3.63) is 0 Å². The highest BCUT2D eigenvalue weighted by Gasteiger charge is 2.03. The van der Waals surface area contributed by atoms with E-state index in [0.717, 1.165) is 38.8 Å². The zero-order valence-corrected chi connectivity index (χ0v) is 12.0. The molecule has 0 saturated heterocycles. The van der Waals surface area contributed by atoms with Crippen LogP contribution in [-0.4, -0.2) is 38.5 Å². The number of alkyl carbamates (subject to hydrolysis) is 1. The van der Waals surface area contributed by atoms with E-state index in [1.165, 1.54) is 0 Å². The smallest absolute Gasteiger partial charge is 0.410 e. The maximum Gasteiger partial charge on any atom is 0.410 e. The number of unbranched alkanes of at least 4 members (excludes halogenated alkanes) is 2. The Morgan fingerprint density at radius 2 is 1.68 bits per heavy atom. The minimum absolute atomic E-state index is 0.275. The van der Waals surface area contributed by atoms with Crippen LogP contribution >= 0.6 is 0 Å². The summed E-state index contributed by atoms with van der Waals surface area (Å²) < 4.78 is 9.28. The highest BCUT2D eigenvalue weighted by atomic mass is 16.7. The fraction of sp³-hybridized carbons (Fsp3) is 0.846. The van der Waals surface area contributed by atoms with Crippen LogP contribution in [0.3, 0.4) is 0 Å². The number of hydrogen-bond acceptors (Lipinski definition) is 5. The quantitative estimate of drug-likeness (QED) is 0.341. The molecule has 19 heavy (non-hydrogen) atoms. The van der Waals surface area contributed by atoms with Gasteiger partial charge in [0.2, 0.25) is 6.79 Å². The van der Waals surface area contributed by atoms with Crippen molar-refractivity contribution in [2.75, 3.05) is 26.4 Å². The molecule has 0 aromatic heterocycles. The summed E-state index contributed by atoms with van der Waals surface area (Å²) in [5.74, 6) is -0.382. The van der Waals surface area contributed by atoms with E-state index in [1.54, 1.807) is 6.92 Å². The number of carbonyl (C=O) groups excluding carboxylic acids is 2. The maximum absolute atomic E-state index is 11.1. The predicted molar refractivity (Wildman–Crippen MR) is 72.7 cm³/mol. The second-order valence-corrected chi connectivity index (χ2v) is 4.16. The lowest BCUT2D eigenvalue weighted by molar-refractivity contribution is -0.151. The van der Waals surface area contributed by atoms with E-state index >= 15 is 0 Å². The van der Waals surface area contributed by atoms with Gasteiger partial charge in [-0.05, 0) is 32.4 Å². The van der Waals surface area contributed by atoms with E-state index in [1.807, 2.05) is 0 Å². The molecular weight excluding hydrogens is 248 g/mol. The van der Waals surface area contributed by atoms with Crippen LogP contribution in [0.15, 0.2) is 0 Å². The van der Waals surface area contributed by atoms with Crippen LogP contribution in [0.25, 0.3) is 0 Å². The largest absolute Gasteiger partial charge is 0.428 e. The molecule has 0 spiro atoms. The first-order valence-corrected chi connectivity index (χ1v) is 6.97. The Labute approximate surface area is 115 Å². The lowest BCUT2D eigenvalue weighted by Gasteiger charge is -2.07. The van der Waals surface area contributed by atoms with Gasteiger partial charge in [-0.15, -0.1) is 0 Å². The third-order valence-corrected chi connectivity index (χ3v) is 2.43. The number of hydrogen-bond donors (Lipinski definition) is 2. The number of rotatable bonds is 11. The first-order chi connectivity index (χ1) is 9.20. The molecule has 112 valence electrons. The topological polar surface area (TPSA) is 76.7 Å². The lowest BCUT2D eigenvalue weighted by Crippen LogP contribution is -2.26. The molecule has 0 aliphatic carbocycles. The van der Waals surface area contributed by atoms with Gasteiger partial charge >= 0.3 is 12.1 Å². The van der Waals surface area contributed by atoms with Gasteiger partial charge in [-0.1, -0.05) is 20.3 Å². The van der Waals surface area contributed by atoms with Gasteiger partial charge in [0.1, 0.15) is 0 Å². The molecule has 0 heterocycles. The Balaban J connectivity index is 3.22. The van der Waals surface area contributed by atoms with Gasteiger partial charge in [0.25, 0.3) is 0 Å². The van der Waals surface area contributed by atoms with Crippen molar-refractivity contribution in [2.45, 2.75) is 46.0 Å². The minimum Gasteiger partial charge on any atom is -0.428 e. The first kappa shape index (κ1) is 17.7. The van der Waals surface area contributed by atoms with Crippen LogP contribution in [0.2, 0.25) is 0 Å². The van der Waals surface area contributed by atoms with Gasteiger partial charge < -0.3 is 20.1 Å². The van der Waals surface area contributed by atoms with E-state index in [4.69, 9.17) is 0 Å². The zero-order valence-electron chi connectivity index (χ0n) is 12.0. The van der Waals surface area contributed by atoms with Gasteiger partial charge in [-0.25, -0.2) is 4.79 Å². The third-order valence-electron chi connectivity index (χ3n) is 2.43. The molecule has 6 nitrogen and oxygen atoms in total. The summed E-state index contributed by atoms with van der Waals surface area (Å²) >= 11 is 0. The minimum atomic E-state index is -0.548. The summed E-state index contributed by atoms with van der Waals surface area (Å²) in [7, 11) is 0. The van der Waals surface area contributed by atoms with Crippen LogP contribution in [-0.2, 0) is 14.3 Å². The second kappa shape index (κ2) is 13.1. The number of esters is 1. The number of ether oxygens (including phenoxy) is 2. The van der Waals surface area contributed by atoms with Crippen LogP contribution in [0.1, 0.15) is 46.0 Å². The zero-order chi connectivity index (χ0) is 14.3. The molecule has 0 atom stereocenters. The summed E-state index contributed by atoms with van der Waals surface area (Å²) in [5.41, 5.74) is 0. The monoisotopic (exact) mass is 274 g/mol. The Bertz CT molecular complexity index is 247. The van der Waals surface area contributed by atoms with Gasteiger partial charge in [0.15, 0.2) is 0 Å². The van der Waals surface area contributed by atoms with Crippen molar-refractivity contribution < 1.29 is 19.1 Å². The Morgan fingerprint density at radius 1 is 0.947 bits per heavy atom. The van der Waals surface area contributed by atoms with Crippen molar-refractivity contribution in [3.8, 4) is 0 Å². The van der Waals surface area contributed by atoms with Crippen molar-refractivity contribution >= 4 is 12.1 Å². The summed E-state index contributed by atoms with van der Waals surface area (Å²) in [4.78, 5) is 21.9. The fourth-order valence-corrected chi connectivity index (χ4v) is 1.35. The summed E-state index contributed by atoms with van der Waals surface area (Å²) in [6.45, 7) is 6.15. The van der Waals surface area contributed by atoms with Crippen LogP contribution in [0.4, 0.5) is 4.79 Å². The molecule has 2 N–H and O–H groups in total. The van der Waals surface area contributed by atoms with Gasteiger partial charge in [-0.3, -0.25) is 4.79 Å². The molecule has 0 radical (unpaired) electrons.